The van der Waals surface area contributed by atoms with Gasteiger partial charge in [0.2, 0.25) is 0 Å². The van der Waals surface area contributed by atoms with Crippen molar-refractivity contribution in [3.63, 3.8) is 0 Å². The molecule has 19 heavy (non-hydrogen) atoms. The predicted octanol–water partition coefficient (Wildman–Crippen LogP) is 1.36. The summed E-state index contributed by atoms with van der Waals surface area (Å²) >= 11 is 0. The third-order valence-corrected chi connectivity index (χ3v) is 3.47. The van der Waals surface area contributed by atoms with Crippen molar-refractivity contribution in [2.45, 2.75) is 31.7 Å². The van der Waals surface area contributed by atoms with Gasteiger partial charge in [-0.25, -0.2) is 4.79 Å². The van der Waals surface area contributed by atoms with Crippen molar-refractivity contribution in [1.29, 1.82) is 0 Å². The molecular weight excluding hydrogens is 248 g/mol. The van der Waals surface area contributed by atoms with Crippen molar-refractivity contribution < 1.29 is 19.4 Å². The Bertz CT molecular complexity index is 701. The fourth-order valence-corrected chi connectivity index (χ4v) is 2.33. The third-order valence-electron chi connectivity index (χ3n) is 3.47. The second kappa shape index (κ2) is 3.82. The van der Waals surface area contributed by atoms with Crippen LogP contribution in [0.4, 0.5) is 0 Å². The van der Waals surface area contributed by atoms with Crippen LogP contribution in [-0.4, -0.2) is 21.9 Å². The molecule has 0 spiro atoms. The summed E-state index contributed by atoms with van der Waals surface area (Å²) in [6.07, 6.45) is -2.12. The number of fused-ring (bicyclic) bond motifs is 3. The van der Waals surface area contributed by atoms with Crippen molar-refractivity contribution in [2.75, 3.05) is 0 Å². The zero-order chi connectivity index (χ0) is 13.8. The molecule has 0 saturated heterocycles. The summed E-state index contributed by atoms with van der Waals surface area (Å²) in [4.78, 5) is 11.3. The highest BCUT2D eigenvalue weighted by Crippen LogP contribution is 2.43. The number of hydrogen-bond donors (Lipinski definition) is 2. The van der Waals surface area contributed by atoms with Gasteiger partial charge in [0.1, 0.15) is 17.8 Å². The van der Waals surface area contributed by atoms with Crippen molar-refractivity contribution in [2.24, 2.45) is 0 Å². The molecule has 2 aromatic rings. The molecule has 100 valence electrons. The molecule has 0 fully saturated rings. The fourth-order valence-electron chi connectivity index (χ4n) is 2.33. The van der Waals surface area contributed by atoms with Crippen LogP contribution in [0.2, 0.25) is 0 Å². The topological polar surface area (TPSA) is 79.9 Å². The summed E-state index contributed by atoms with van der Waals surface area (Å²) in [7, 11) is 0. The van der Waals surface area contributed by atoms with Gasteiger partial charge in [-0.2, -0.15) is 0 Å². The standard InChI is InChI=1S/C14H14O5/c1-14(2)13(17)10(16)8-5-3-7-4-6-9(15)18-11(7)12(8)19-14/h3-6,10,13,16-17H,1-2H3/t10-,13-/m0/s1. The Morgan fingerprint density at radius 3 is 2.58 bits per heavy atom. The van der Waals surface area contributed by atoms with E-state index in [9.17, 15) is 15.0 Å². The average molecular weight is 262 g/mol. The summed E-state index contributed by atoms with van der Waals surface area (Å²) in [5, 5.41) is 20.9. The Hall–Kier alpha value is -1.85. The molecule has 5 heteroatoms. The van der Waals surface area contributed by atoms with E-state index in [1.165, 1.54) is 6.07 Å². The molecular formula is C14H14O5. The highest BCUT2D eigenvalue weighted by Gasteiger charge is 2.43. The van der Waals surface area contributed by atoms with Crippen molar-refractivity contribution in [3.05, 3.63) is 40.2 Å². The van der Waals surface area contributed by atoms with E-state index in [2.05, 4.69) is 0 Å². The first-order valence-corrected chi connectivity index (χ1v) is 6.02. The average Bonchev–Trinajstić information content (AvgIpc) is 2.36. The summed E-state index contributed by atoms with van der Waals surface area (Å²) in [6, 6.07) is 6.35. The van der Waals surface area contributed by atoms with Gasteiger partial charge in [0.05, 0.1) is 0 Å². The van der Waals surface area contributed by atoms with Gasteiger partial charge in [0.15, 0.2) is 11.3 Å². The van der Waals surface area contributed by atoms with Crippen LogP contribution >= 0.6 is 0 Å². The molecule has 2 heterocycles. The van der Waals surface area contributed by atoms with Crippen LogP contribution in [0.3, 0.4) is 0 Å². The third kappa shape index (κ3) is 1.74. The molecule has 1 aliphatic rings. The Morgan fingerprint density at radius 2 is 1.84 bits per heavy atom. The van der Waals surface area contributed by atoms with E-state index in [-0.39, 0.29) is 0 Å². The first kappa shape index (κ1) is 12.2. The van der Waals surface area contributed by atoms with Crippen molar-refractivity contribution in [1.82, 2.24) is 0 Å². The monoisotopic (exact) mass is 262 g/mol. The molecule has 0 saturated carbocycles. The molecule has 0 bridgehead atoms. The molecule has 1 aromatic carbocycles. The first-order chi connectivity index (χ1) is 8.90. The van der Waals surface area contributed by atoms with Gasteiger partial charge in [-0.3, -0.25) is 0 Å². The Labute approximate surface area is 109 Å². The minimum absolute atomic E-state index is 0.295. The predicted molar refractivity (Wildman–Crippen MR) is 68.2 cm³/mol. The maximum absolute atomic E-state index is 11.3. The number of aliphatic hydroxyl groups excluding tert-OH is 2. The smallest absolute Gasteiger partial charge is 0.336 e. The first-order valence-electron chi connectivity index (χ1n) is 6.02. The lowest BCUT2D eigenvalue weighted by Gasteiger charge is -2.39. The van der Waals surface area contributed by atoms with Crippen LogP contribution in [0.25, 0.3) is 11.0 Å². The zero-order valence-electron chi connectivity index (χ0n) is 10.6. The van der Waals surface area contributed by atoms with Gasteiger partial charge in [-0.1, -0.05) is 12.1 Å². The molecule has 5 nitrogen and oxygen atoms in total. The Kier molecular flexibility index (Phi) is 2.45. The maximum Gasteiger partial charge on any atom is 0.336 e. The van der Waals surface area contributed by atoms with Gasteiger partial charge in [-0.05, 0) is 19.9 Å². The molecule has 1 aliphatic heterocycles. The quantitative estimate of drug-likeness (QED) is 0.701. The van der Waals surface area contributed by atoms with Gasteiger partial charge in [0.25, 0.3) is 0 Å². The van der Waals surface area contributed by atoms with Crippen LogP contribution in [0, 0.1) is 0 Å². The highest BCUT2D eigenvalue weighted by molar-refractivity contribution is 5.84. The maximum atomic E-state index is 11.3. The molecule has 3 rings (SSSR count). The largest absolute Gasteiger partial charge is 0.481 e. The summed E-state index contributed by atoms with van der Waals surface area (Å²) in [5.74, 6) is 0.318. The Morgan fingerprint density at radius 1 is 1.16 bits per heavy atom. The lowest BCUT2D eigenvalue weighted by atomic mass is 9.88. The molecule has 0 aliphatic carbocycles. The van der Waals surface area contributed by atoms with E-state index < -0.39 is 23.4 Å². The highest BCUT2D eigenvalue weighted by atomic mass is 16.5. The van der Waals surface area contributed by atoms with Crippen LogP contribution < -0.4 is 10.4 Å². The molecule has 0 unspecified atom stereocenters. The van der Waals surface area contributed by atoms with E-state index >= 15 is 0 Å². The molecule has 0 amide bonds. The number of benzene rings is 1. The fraction of sp³-hybridized carbons (Fsp3) is 0.357. The summed E-state index contributed by atoms with van der Waals surface area (Å²) < 4.78 is 10.9. The minimum atomic E-state index is -1.08. The van der Waals surface area contributed by atoms with Gasteiger partial charge in [-0.15, -0.1) is 0 Å². The minimum Gasteiger partial charge on any atom is -0.481 e. The van der Waals surface area contributed by atoms with Crippen molar-refractivity contribution >= 4 is 11.0 Å². The van der Waals surface area contributed by atoms with Crippen LogP contribution in [0.15, 0.2) is 33.5 Å². The Balaban J connectivity index is 2.33. The van der Waals surface area contributed by atoms with Gasteiger partial charge < -0.3 is 19.4 Å². The van der Waals surface area contributed by atoms with Crippen LogP contribution in [-0.2, 0) is 0 Å². The summed E-state index contributed by atoms with van der Waals surface area (Å²) in [5.41, 5.74) is -0.727. The second-order valence-corrected chi connectivity index (χ2v) is 5.25. The van der Waals surface area contributed by atoms with E-state index in [4.69, 9.17) is 9.15 Å². The molecule has 2 atom stereocenters. The van der Waals surface area contributed by atoms with Crippen molar-refractivity contribution in [3.8, 4) is 5.75 Å². The van der Waals surface area contributed by atoms with Gasteiger partial charge in [0, 0.05) is 17.0 Å². The molecule has 0 radical (unpaired) electrons. The van der Waals surface area contributed by atoms with Gasteiger partial charge >= 0.3 is 5.63 Å². The lowest BCUT2D eigenvalue weighted by molar-refractivity contribution is -0.111. The summed E-state index contributed by atoms with van der Waals surface area (Å²) in [6.45, 7) is 3.34. The number of rotatable bonds is 0. The SMILES string of the molecule is CC1(C)Oc2c(ccc3ccc(=O)oc23)[C@H](O)[C@@H]1O. The molecule has 1 aromatic heterocycles. The van der Waals surface area contributed by atoms with Crippen LogP contribution in [0.1, 0.15) is 25.5 Å². The number of hydrogen-bond acceptors (Lipinski definition) is 5. The second-order valence-electron chi connectivity index (χ2n) is 5.25. The zero-order valence-corrected chi connectivity index (χ0v) is 10.6. The van der Waals surface area contributed by atoms with E-state index in [1.54, 1.807) is 32.0 Å². The lowest BCUT2D eigenvalue weighted by Crippen LogP contribution is -2.48. The van der Waals surface area contributed by atoms with E-state index in [0.29, 0.717) is 22.3 Å². The molecule has 2 N–H and O–H groups in total. The number of aliphatic hydroxyl groups is 2. The number of ether oxygens (including phenoxy) is 1. The van der Waals surface area contributed by atoms with E-state index in [0.717, 1.165) is 0 Å². The normalized spacial score (nSPS) is 24.8. The van der Waals surface area contributed by atoms with E-state index in [1.807, 2.05) is 0 Å². The van der Waals surface area contributed by atoms with Crippen LogP contribution in [0.5, 0.6) is 5.75 Å².